The van der Waals surface area contributed by atoms with E-state index in [1.807, 2.05) is 0 Å². The van der Waals surface area contributed by atoms with Gasteiger partial charge in [-0.05, 0) is 18.9 Å². The lowest BCUT2D eigenvalue weighted by Crippen LogP contribution is -2.49. The van der Waals surface area contributed by atoms with Crippen molar-refractivity contribution in [1.82, 2.24) is 4.90 Å². The van der Waals surface area contributed by atoms with Gasteiger partial charge in [-0.25, -0.2) is 0 Å². The predicted molar refractivity (Wildman–Crippen MR) is 84.6 cm³/mol. The van der Waals surface area contributed by atoms with Crippen LogP contribution in [0.5, 0.6) is 0 Å². The number of amides is 1. The monoisotopic (exact) mass is 377 g/mol. The number of hydrogen-bond donors (Lipinski definition) is 0. The molecular weight excluding hydrogens is 363 g/mol. The van der Waals surface area contributed by atoms with Crippen LogP contribution < -0.4 is 4.90 Å². The number of carbonyl (C=O) groups is 1. The van der Waals surface area contributed by atoms with Gasteiger partial charge in [0, 0.05) is 38.2 Å². The molecule has 3 rings (SSSR count). The standard InChI is InChI=1S/C15H15ClF3N3O3/c16-11-8-12(13(22(24)25)7-10(11)15(17,18)19)20-3-5-21(6-4-20)14(23)9-1-2-9/h7-9H,1-6H2. The van der Waals surface area contributed by atoms with Gasteiger partial charge in [-0.2, -0.15) is 13.2 Å². The minimum atomic E-state index is -4.77. The van der Waals surface area contributed by atoms with Gasteiger partial charge in [0.25, 0.3) is 5.69 Å². The van der Waals surface area contributed by atoms with Gasteiger partial charge in [0.15, 0.2) is 0 Å². The van der Waals surface area contributed by atoms with E-state index in [0.29, 0.717) is 32.2 Å². The maximum atomic E-state index is 12.9. The van der Waals surface area contributed by atoms with Crippen LogP contribution in [-0.4, -0.2) is 41.9 Å². The number of alkyl halides is 3. The maximum Gasteiger partial charge on any atom is 0.418 e. The molecule has 1 aliphatic carbocycles. The van der Waals surface area contributed by atoms with E-state index in [1.165, 1.54) is 0 Å². The van der Waals surface area contributed by atoms with Crippen LogP contribution in [0.3, 0.4) is 0 Å². The van der Waals surface area contributed by atoms with E-state index in [2.05, 4.69) is 0 Å². The number of nitro benzene ring substituents is 1. The van der Waals surface area contributed by atoms with Crippen molar-refractivity contribution in [2.75, 3.05) is 31.1 Å². The average Bonchev–Trinajstić information content (AvgIpc) is 3.37. The lowest BCUT2D eigenvalue weighted by Gasteiger charge is -2.36. The van der Waals surface area contributed by atoms with Gasteiger partial charge in [0.2, 0.25) is 5.91 Å². The predicted octanol–water partition coefficient (Wildman–Crippen LogP) is 3.33. The quantitative estimate of drug-likeness (QED) is 0.598. The van der Waals surface area contributed by atoms with Crippen LogP contribution in [0.2, 0.25) is 5.02 Å². The molecule has 1 aromatic rings. The third kappa shape index (κ3) is 3.65. The first-order chi connectivity index (χ1) is 11.7. The number of anilines is 1. The Kier molecular flexibility index (Phi) is 4.52. The van der Waals surface area contributed by atoms with Gasteiger partial charge in [0.1, 0.15) is 5.69 Å². The largest absolute Gasteiger partial charge is 0.418 e. The fourth-order valence-corrected chi connectivity index (χ4v) is 3.19. The van der Waals surface area contributed by atoms with E-state index in [-0.39, 0.29) is 17.5 Å². The number of hydrogen-bond acceptors (Lipinski definition) is 4. The zero-order valence-corrected chi connectivity index (χ0v) is 13.8. The topological polar surface area (TPSA) is 66.7 Å². The van der Waals surface area contributed by atoms with Crippen LogP contribution in [0.1, 0.15) is 18.4 Å². The molecule has 1 amide bonds. The van der Waals surface area contributed by atoms with E-state index >= 15 is 0 Å². The molecular formula is C15H15ClF3N3O3. The zero-order valence-electron chi connectivity index (χ0n) is 13.1. The average molecular weight is 378 g/mol. The maximum absolute atomic E-state index is 12.9. The van der Waals surface area contributed by atoms with Crippen molar-refractivity contribution in [3.8, 4) is 0 Å². The minimum absolute atomic E-state index is 0.0431. The Morgan fingerprint density at radius 3 is 2.28 bits per heavy atom. The lowest BCUT2D eigenvalue weighted by molar-refractivity contribution is -0.384. The molecule has 1 heterocycles. The van der Waals surface area contributed by atoms with Crippen LogP contribution in [-0.2, 0) is 11.0 Å². The third-order valence-electron chi connectivity index (χ3n) is 4.42. The molecule has 1 aromatic carbocycles. The lowest BCUT2D eigenvalue weighted by atomic mass is 10.1. The number of benzene rings is 1. The molecule has 136 valence electrons. The normalized spacial score (nSPS) is 18.4. The summed E-state index contributed by atoms with van der Waals surface area (Å²) in [6.45, 7) is 1.37. The van der Waals surface area contributed by atoms with Crippen molar-refractivity contribution in [3.05, 3.63) is 32.8 Å². The second kappa shape index (κ2) is 6.36. The first-order valence-electron chi connectivity index (χ1n) is 7.77. The zero-order chi connectivity index (χ0) is 18.4. The van der Waals surface area contributed by atoms with Crippen molar-refractivity contribution in [3.63, 3.8) is 0 Å². The van der Waals surface area contributed by atoms with E-state index in [9.17, 15) is 28.1 Å². The highest BCUT2D eigenvalue weighted by Gasteiger charge is 2.38. The molecule has 0 aromatic heterocycles. The smallest absolute Gasteiger partial charge is 0.362 e. The molecule has 0 spiro atoms. The molecule has 1 saturated carbocycles. The summed E-state index contributed by atoms with van der Waals surface area (Å²) in [5.74, 6) is 0.168. The molecule has 6 nitrogen and oxygen atoms in total. The van der Waals surface area contributed by atoms with E-state index in [4.69, 9.17) is 11.6 Å². The van der Waals surface area contributed by atoms with Gasteiger partial charge >= 0.3 is 6.18 Å². The van der Waals surface area contributed by atoms with Crippen LogP contribution in [0.25, 0.3) is 0 Å². The minimum Gasteiger partial charge on any atom is -0.362 e. The molecule has 2 aliphatic rings. The van der Waals surface area contributed by atoms with Crippen LogP contribution in [0.15, 0.2) is 12.1 Å². The summed E-state index contributed by atoms with van der Waals surface area (Å²) in [6, 6.07) is 1.46. The second-order valence-corrected chi connectivity index (χ2v) is 6.57. The summed E-state index contributed by atoms with van der Waals surface area (Å²) in [6.07, 6.45) is -2.99. The Morgan fingerprint density at radius 2 is 1.80 bits per heavy atom. The van der Waals surface area contributed by atoms with Crippen molar-refractivity contribution in [1.29, 1.82) is 0 Å². The van der Waals surface area contributed by atoms with Gasteiger partial charge in [-0.1, -0.05) is 11.6 Å². The summed E-state index contributed by atoms with van der Waals surface area (Å²) >= 11 is 5.71. The van der Waals surface area contributed by atoms with Crippen molar-refractivity contribution in [2.24, 2.45) is 5.92 Å². The fourth-order valence-electron chi connectivity index (χ4n) is 2.92. The molecule has 2 fully saturated rings. The van der Waals surface area contributed by atoms with E-state index in [0.717, 1.165) is 18.9 Å². The molecule has 0 bridgehead atoms. The Bertz CT molecular complexity index is 714. The number of nitrogens with zero attached hydrogens (tertiary/aromatic N) is 3. The van der Waals surface area contributed by atoms with E-state index in [1.54, 1.807) is 9.80 Å². The summed E-state index contributed by atoms with van der Waals surface area (Å²) in [5.41, 5.74) is -1.83. The number of nitro groups is 1. The molecule has 1 aliphatic heterocycles. The summed E-state index contributed by atoms with van der Waals surface area (Å²) in [7, 11) is 0. The Balaban J connectivity index is 1.83. The highest BCUT2D eigenvalue weighted by Crippen LogP contribution is 2.41. The van der Waals surface area contributed by atoms with Crippen molar-refractivity contribution >= 4 is 28.9 Å². The highest BCUT2D eigenvalue weighted by atomic mass is 35.5. The molecule has 0 atom stereocenters. The molecule has 1 saturated heterocycles. The van der Waals surface area contributed by atoms with Crippen LogP contribution in [0.4, 0.5) is 24.5 Å². The highest BCUT2D eigenvalue weighted by molar-refractivity contribution is 6.31. The van der Waals surface area contributed by atoms with Crippen molar-refractivity contribution < 1.29 is 22.9 Å². The Labute approximate surface area is 146 Å². The molecule has 10 heteroatoms. The van der Waals surface area contributed by atoms with Gasteiger partial charge < -0.3 is 9.80 Å². The fraction of sp³-hybridized carbons (Fsp3) is 0.533. The SMILES string of the molecule is O=C(C1CC1)N1CCN(c2cc(Cl)c(C(F)(F)F)cc2[N+](=O)[O-])CC1. The molecule has 0 radical (unpaired) electrons. The Morgan fingerprint density at radius 1 is 1.20 bits per heavy atom. The van der Waals surface area contributed by atoms with Crippen LogP contribution >= 0.6 is 11.6 Å². The van der Waals surface area contributed by atoms with Crippen molar-refractivity contribution in [2.45, 2.75) is 19.0 Å². The Hall–Kier alpha value is -2.03. The molecule has 0 unspecified atom stereocenters. The summed E-state index contributed by atoms with van der Waals surface area (Å²) in [5, 5.41) is 10.6. The molecule has 0 N–H and O–H groups in total. The first kappa shape index (κ1) is 17.8. The van der Waals surface area contributed by atoms with Gasteiger partial charge in [-0.3, -0.25) is 14.9 Å². The summed E-state index contributed by atoms with van der Waals surface area (Å²) in [4.78, 5) is 25.7. The number of rotatable bonds is 3. The second-order valence-electron chi connectivity index (χ2n) is 6.16. The first-order valence-corrected chi connectivity index (χ1v) is 8.15. The van der Waals surface area contributed by atoms with Gasteiger partial charge in [-0.15, -0.1) is 0 Å². The number of piperazine rings is 1. The molecule has 25 heavy (non-hydrogen) atoms. The summed E-state index contributed by atoms with van der Waals surface area (Å²) < 4.78 is 38.8. The number of carbonyl (C=O) groups excluding carboxylic acids is 1. The van der Waals surface area contributed by atoms with Crippen LogP contribution in [0, 0.1) is 16.0 Å². The van der Waals surface area contributed by atoms with E-state index < -0.39 is 27.4 Å². The third-order valence-corrected chi connectivity index (χ3v) is 4.74. The van der Waals surface area contributed by atoms with Gasteiger partial charge in [0.05, 0.1) is 15.5 Å². The number of halogens is 4.